The fraction of sp³-hybridized carbons (Fsp3) is 0.318. The van der Waals surface area contributed by atoms with Crippen LogP contribution in [0.1, 0.15) is 53.3 Å². The molecule has 2 heterocycles. The first-order chi connectivity index (χ1) is 14.6. The summed E-state index contributed by atoms with van der Waals surface area (Å²) in [7, 11) is 0. The summed E-state index contributed by atoms with van der Waals surface area (Å²) < 4.78 is 3.82. The molecular weight excluding hydrogens is 398 g/mol. The largest absolute Gasteiger partial charge is 0.351 e. The fourth-order valence-corrected chi connectivity index (χ4v) is 4.21. The molecule has 1 aliphatic carbocycles. The summed E-state index contributed by atoms with van der Waals surface area (Å²) in [6.45, 7) is 1.98. The Labute approximate surface area is 179 Å². The highest BCUT2D eigenvalue weighted by molar-refractivity contribution is 7.03. The molecule has 2 aromatic heterocycles. The third-order valence-electron chi connectivity index (χ3n) is 5.32. The number of nitrogens with zero attached hydrogens (tertiary/aromatic N) is 4. The van der Waals surface area contributed by atoms with Gasteiger partial charge in [-0.3, -0.25) is 19.5 Å². The Morgan fingerprint density at radius 1 is 1.17 bits per heavy atom. The van der Waals surface area contributed by atoms with E-state index in [1.54, 1.807) is 23.8 Å². The van der Waals surface area contributed by atoms with Gasteiger partial charge in [0.25, 0.3) is 5.91 Å². The molecule has 0 bridgehead atoms. The number of carbonyl (C=O) groups excluding carboxylic acids is 2. The van der Waals surface area contributed by atoms with Crippen molar-refractivity contribution in [3.05, 3.63) is 71.0 Å². The van der Waals surface area contributed by atoms with Gasteiger partial charge in [0.1, 0.15) is 6.04 Å². The number of hydrogen-bond acceptors (Lipinski definition) is 6. The van der Waals surface area contributed by atoms with Crippen molar-refractivity contribution in [1.82, 2.24) is 19.9 Å². The maximum Gasteiger partial charge on any atom is 0.280 e. The summed E-state index contributed by atoms with van der Waals surface area (Å²) in [4.78, 5) is 32.7. The lowest BCUT2D eigenvalue weighted by Crippen LogP contribution is -2.46. The topological polar surface area (TPSA) is 88.1 Å². The highest BCUT2D eigenvalue weighted by atomic mass is 32.1. The van der Waals surface area contributed by atoms with Gasteiger partial charge in [0, 0.05) is 35.1 Å². The van der Waals surface area contributed by atoms with Crippen LogP contribution in [0.15, 0.2) is 54.2 Å². The van der Waals surface area contributed by atoms with Gasteiger partial charge >= 0.3 is 0 Å². The molecule has 0 spiro atoms. The van der Waals surface area contributed by atoms with Crippen LogP contribution in [0.25, 0.3) is 0 Å². The summed E-state index contributed by atoms with van der Waals surface area (Å²) in [6, 6.07) is 10.4. The minimum absolute atomic E-state index is 0.132. The summed E-state index contributed by atoms with van der Waals surface area (Å²) in [5.74, 6) is -0.588. The minimum Gasteiger partial charge on any atom is -0.351 e. The second kappa shape index (κ2) is 9.13. The highest BCUT2D eigenvalue weighted by Crippen LogP contribution is 2.30. The van der Waals surface area contributed by atoms with Crippen molar-refractivity contribution in [1.29, 1.82) is 0 Å². The molecule has 1 N–H and O–H groups in total. The van der Waals surface area contributed by atoms with Crippen LogP contribution in [0.5, 0.6) is 0 Å². The van der Waals surface area contributed by atoms with E-state index in [9.17, 15) is 9.59 Å². The number of aromatic nitrogens is 3. The molecular formula is C22H23N5O2S. The summed E-state index contributed by atoms with van der Waals surface area (Å²) >= 11 is 1.10. The van der Waals surface area contributed by atoms with E-state index in [-0.39, 0.29) is 23.6 Å². The van der Waals surface area contributed by atoms with Crippen LogP contribution in [-0.2, 0) is 4.79 Å². The molecule has 4 rings (SSSR count). The molecule has 0 aliphatic heterocycles. The lowest BCUT2D eigenvalue weighted by atomic mass is 10.0. The third kappa shape index (κ3) is 4.38. The van der Waals surface area contributed by atoms with Gasteiger partial charge in [0.2, 0.25) is 5.91 Å². The van der Waals surface area contributed by atoms with E-state index in [0.29, 0.717) is 11.3 Å². The molecule has 30 heavy (non-hydrogen) atoms. The van der Waals surface area contributed by atoms with E-state index < -0.39 is 6.04 Å². The molecule has 3 aromatic rings. The molecule has 0 radical (unpaired) electrons. The predicted molar refractivity (Wildman–Crippen MR) is 115 cm³/mol. The van der Waals surface area contributed by atoms with Gasteiger partial charge in [-0.15, -0.1) is 5.10 Å². The molecule has 1 atom stereocenters. The zero-order valence-electron chi connectivity index (χ0n) is 16.7. The van der Waals surface area contributed by atoms with E-state index in [1.165, 1.54) is 4.90 Å². The lowest BCUT2D eigenvalue weighted by molar-refractivity contribution is -0.123. The monoisotopic (exact) mass is 421 g/mol. The summed E-state index contributed by atoms with van der Waals surface area (Å²) in [5, 5.41) is 8.69. The third-order valence-corrected chi connectivity index (χ3v) is 5.82. The number of hydrogen-bond donors (Lipinski definition) is 1. The number of amides is 2. The van der Waals surface area contributed by atoms with E-state index in [0.717, 1.165) is 42.8 Å². The molecule has 1 aromatic carbocycles. The van der Waals surface area contributed by atoms with Gasteiger partial charge in [-0.25, -0.2) is 0 Å². The molecule has 2 amide bonds. The average Bonchev–Trinajstić information content (AvgIpc) is 3.47. The zero-order chi connectivity index (χ0) is 20.9. The number of anilines is 1. The Morgan fingerprint density at radius 3 is 2.57 bits per heavy atom. The second-order valence-electron chi connectivity index (χ2n) is 7.48. The first kappa shape index (κ1) is 20.2. The second-order valence-corrected chi connectivity index (χ2v) is 8.09. The van der Waals surface area contributed by atoms with E-state index in [2.05, 4.69) is 19.9 Å². The molecule has 0 unspecified atom stereocenters. The van der Waals surface area contributed by atoms with Crippen molar-refractivity contribution in [2.75, 3.05) is 4.90 Å². The van der Waals surface area contributed by atoms with Crippen molar-refractivity contribution >= 4 is 29.0 Å². The molecule has 1 fully saturated rings. The van der Waals surface area contributed by atoms with Crippen molar-refractivity contribution in [3.8, 4) is 0 Å². The number of carbonyl (C=O) groups is 2. The Morgan fingerprint density at radius 2 is 1.93 bits per heavy atom. The fourth-order valence-electron chi connectivity index (χ4n) is 3.78. The van der Waals surface area contributed by atoms with Gasteiger partial charge in [-0.2, -0.15) is 0 Å². The Kier molecular flexibility index (Phi) is 6.13. The first-order valence-electron chi connectivity index (χ1n) is 10.0. The van der Waals surface area contributed by atoms with Gasteiger partial charge in [-0.05, 0) is 49.5 Å². The van der Waals surface area contributed by atoms with Gasteiger partial charge in [0.05, 0.1) is 0 Å². The maximum atomic E-state index is 13.5. The first-order valence-corrected chi connectivity index (χ1v) is 10.8. The zero-order valence-corrected chi connectivity index (χ0v) is 17.5. The van der Waals surface area contributed by atoms with Gasteiger partial charge in [0.15, 0.2) is 5.69 Å². The minimum atomic E-state index is -0.865. The van der Waals surface area contributed by atoms with Crippen molar-refractivity contribution in [2.45, 2.75) is 44.7 Å². The predicted octanol–water partition coefficient (Wildman–Crippen LogP) is 3.69. The molecule has 1 saturated carbocycles. The van der Waals surface area contributed by atoms with Crippen molar-refractivity contribution in [3.63, 3.8) is 0 Å². The quantitative estimate of drug-likeness (QED) is 0.656. The summed E-state index contributed by atoms with van der Waals surface area (Å²) in [6.07, 6.45) is 7.41. The van der Waals surface area contributed by atoms with Crippen molar-refractivity contribution in [2.24, 2.45) is 0 Å². The van der Waals surface area contributed by atoms with Crippen LogP contribution in [0, 0.1) is 6.92 Å². The normalized spacial score (nSPS) is 15.0. The van der Waals surface area contributed by atoms with Crippen molar-refractivity contribution < 1.29 is 9.59 Å². The number of benzene rings is 1. The van der Waals surface area contributed by atoms with E-state index in [4.69, 9.17) is 0 Å². The molecule has 7 nitrogen and oxygen atoms in total. The average molecular weight is 422 g/mol. The van der Waals surface area contributed by atoms with Crippen LogP contribution in [0.3, 0.4) is 0 Å². The molecule has 0 saturated heterocycles. The van der Waals surface area contributed by atoms with Crippen LogP contribution in [0.4, 0.5) is 5.69 Å². The van der Waals surface area contributed by atoms with E-state index >= 15 is 0 Å². The number of aryl methyl sites for hydroxylation is 1. The van der Waals surface area contributed by atoms with Gasteiger partial charge < -0.3 is 5.32 Å². The molecule has 1 aliphatic rings. The van der Waals surface area contributed by atoms with E-state index in [1.807, 2.05) is 37.3 Å². The Hall–Kier alpha value is -3.13. The van der Waals surface area contributed by atoms with Crippen LogP contribution in [0.2, 0.25) is 0 Å². The number of nitrogens with one attached hydrogen (secondary N) is 1. The van der Waals surface area contributed by atoms with Crippen LogP contribution in [-0.4, -0.2) is 32.4 Å². The SMILES string of the molecule is Cc1ccc(N(C(=O)c2csnn2)[C@@H](C(=O)NC2CCCC2)c2cccnc2)cc1. The Balaban J connectivity index is 1.78. The smallest absolute Gasteiger partial charge is 0.280 e. The lowest BCUT2D eigenvalue weighted by Gasteiger charge is -2.31. The number of rotatable bonds is 6. The molecule has 154 valence electrons. The van der Waals surface area contributed by atoms with Crippen LogP contribution >= 0.6 is 11.5 Å². The molecule has 8 heteroatoms. The summed E-state index contributed by atoms with van der Waals surface area (Å²) in [5.41, 5.74) is 2.54. The highest BCUT2D eigenvalue weighted by Gasteiger charge is 2.35. The number of pyridine rings is 1. The van der Waals surface area contributed by atoms with Crippen LogP contribution < -0.4 is 10.2 Å². The van der Waals surface area contributed by atoms with Gasteiger partial charge in [-0.1, -0.05) is 41.1 Å². The standard InChI is InChI=1S/C22H23N5O2S/c1-15-8-10-18(11-9-15)27(22(29)19-14-30-26-25-19)20(16-5-4-12-23-13-16)21(28)24-17-6-2-3-7-17/h4-5,8-14,17,20H,2-3,6-7H2,1H3,(H,24,28)/t20-/m1/s1. The Bertz CT molecular complexity index is 986. The maximum absolute atomic E-state index is 13.5.